The maximum Gasteiger partial charge on any atom is 0.435 e. The van der Waals surface area contributed by atoms with Crippen LogP contribution in [0.1, 0.15) is 36.8 Å². The largest absolute Gasteiger partial charge is 0.465 e. The van der Waals surface area contributed by atoms with Crippen molar-refractivity contribution in [2.75, 3.05) is 19.5 Å². The van der Waals surface area contributed by atoms with Gasteiger partial charge in [0, 0.05) is 11.3 Å². The minimum atomic E-state index is -4.63. The SMILES string of the molecule is COC(=O)c1cc(NC(=O)c2ccc(-n3nc(C(F)(F)F)cc3-c3cccs3)cc2)cc(C(=O)OC)c1. The van der Waals surface area contributed by atoms with Crippen LogP contribution < -0.4 is 5.32 Å². The average Bonchev–Trinajstić information content (AvgIpc) is 3.57. The first-order valence-electron chi connectivity index (χ1n) is 10.6. The number of alkyl halides is 3. The molecule has 8 nitrogen and oxygen atoms in total. The topological polar surface area (TPSA) is 99.5 Å². The van der Waals surface area contributed by atoms with E-state index in [0.717, 1.165) is 6.07 Å². The Balaban J connectivity index is 1.63. The van der Waals surface area contributed by atoms with Gasteiger partial charge in [0.05, 0.1) is 41.6 Å². The van der Waals surface area contributed by atoms with Crippen LogP contribution in [0, 0.1) is 0 Å². The molecule has 37 heavy (non-hydrogen) atoms. The van der Waals surface area contributed by atoms with E-state index in [-0.39, 0.29) is 28.1 Å². The average molecular weight is 529 g/mol. The monoisotopic (exact) mass is 529 g/mol. The first-order chi connectivity index (χ1) is 17.6. The maximum absolute atomic E-state index is 13.3. The lowest BCUT2D eigenvalue weighted by molar-refractivity contribution is -0.141. The number of nitrogens with one attached hydrogen (secondary N) is 1. The number of amides is 1. The molecule has 2 heterocycles. The van der Waals surface area contributed by atoms with Gasteiger partial charge in [0.15, 0.2) is 5.69 Å². The van der Waals surface area contributed by atoms with E-state index in [1.165, 1.54) is 72.7 Å². The molecule has 2 aromatic carbocycles. The fourth-order valence-corrected chi connectivity index (χ4v) is 4.17. The predicted octanol–water partition coefficient (Wildman–Crippen LogP) is 5.45. The van der Waals surface area contributed by atoms with Crippen molar-refractivity contribution in [3.8, 4) is 16.3 Å². The van der Waals surface area contributed by atoms with Crippen LogP contribution in [0.5, 0.6) is 0 Å². The molecule has 2 aromatic heterocycles. The molecule has 0 aliphatic carbocycles. The number of halogens is 3. The van der Waals surface area contributed by atoms with Crippen LogP contribution in [0.15, 0.2) is 66.0 Å². The van der Waals surface area contributed by atoms with E-state index in [0.29, 0.717) is 10.6 Å². The van der Waals surface area contributed by atoms with Crippen molar-refractivity contribution in [3.05, 3.63) is 88.4 Å². The van der Waals surface area contributed by atoms with Gasteiger partial charge in [-0.05, 0) is 60.0 Å². The highest BCUT2D eigenvalue weighted by Gasteiger charge is 2.35. The Morgan fingerprint density at radius 3 is 2.03 bits per heavy atom. The lowest BCUT2D eigenvalue weighted by Gasteiger charge is -2.11. The normalized spacial score (nSPS) is 11.2. The Kier molecular flexibility index (Phi) is 7.11. The molecule has 0 bridgehead atoms. The summed E-state index contributed by atoms with van der Waals surface area (Å²) in [5.41, 5.74) is -0.102. The number of thiophene rings is 1. The van der Waals surface area contributed by atoms with Crippen molar-refractivity contribution in [2.24, 2.45) is 0 Å². The summed E-state index contributed by atoms with van der Waals surface area (Å²) in [6, 6.07) is 14.1. The number of ether oxygens (including phenoxy) is 2. The Morgan fingerprint density at radius 2 is 1.51 bits per heavy atom. The number of esters is 2. The molecular formula is C25H18F3N3O5S. The maximum atomic E-state index is 13.3. The van der Waals surface area contributed by atoms with E-state index < -0.39 is 29.7 Å². The fraction of sp³-hybridized carbons (Fsp3) is 0.120. The van der Waals surface area contributed by atoms with Gasteiger partial charge in [-0.2, -0.15) is 18.3 Å². The summed E-state index contributed by atoms with van der Waals surface area (Å²) in [4.78, 5) is 37.4. The first-order valence-corrected chi connectivity index (χ1v) is 11.4. The van der Waals surface area contributed by atoms with E-state index in [1.54, 1.807) is 17.5 Å². The Bertz CT molecular complexity index is 1430. The molecular weight excluding hydrogens is 511 g/mol. The van der Waals surface area contributed by atoms with Crippen LogP contribution >= 0.6 is 11.3 Å². The Hall–Kier alpha value is -4.45. The molecule has 4 aromatic rings. The lowest BCUT2D eigenvalue weighted by atomic mass is 10.1. The highest BCUT2D eigenvalue weighted by atomic mass is 32.1. The molecule has 4 rings (SSSR count). The van der Waals surface area contributed by atoms with E-state index in [9.17, 15) is 27.6 Å². The molecule has 1 amide bonds. The van der Waals surface area contributed by atoms with Crippen molar-refractivity contribution in [1.29, 1.82) is 0 Å². The fourth-order valence-electron chi connectivity index (χ4n) is 3.44. The molecule has 0 atom stereocenters. The number of hydrogen-bond acceptors (Lipinski definition) is 7. The van der Waals surface area contributed by atoms with Gasteiger partial charge in [0.25, 0.3) is 5.91 Å². The van der Waals surface area contributed by atoms with E-state index >= 15 is 0 Å². The van der Waals surface area contributed by atoms with Gasteiger partial charge < -0.3 is 14.8 Å². The van der Waals surface area contributed by atoms with E-state index in [4.69, 9.17) is 0 Å². The molecule has 0 aliphatic rings. The minimum absolute atomic E-state index is 0.0244. The second-order valence-electron chi connectivity index (χ2n) is 7.58. The van der Waals surface area contributed by atoms with Gasteiger partial charge in [0.1, 0.15) is 0 Å². The van der Waals surface area contributed by atoms with Crippen LogP contribution in [-0.4, -0.2) is 41.8 Å². The highest BCUT2D eigenvalue weighted by molar-refractivity contribution is 7.13. The molecule has 0 spiro atoms. The summed E-state index contributed by atoms with van der Waals surface area (Å²) in [7, 11) is 2.35. The van der Waals surface area contributed by atoms with Gasteiger partial charge in [0.2, 0.25) is 0 Å². The summed E-state index contributed by atoms with van der Waals surface area (Å²) in [5, 5.41) is 8.06. The van der Waals surface area contributed by atoms with Gasteiger partial charge in [-0.25, -0.2) is 14.3 Å². The van der Waals surface area contributed by atoms with E-state index in [2.05, 4.69) is 19.9 Å². The number of anilines is 1. The van der Waals surface area contributed by atoms with Crippen LogP contribution in [0.4, 0.5) is 18.9 Å². The van der Waals surface area contributed by atoms with Crippen molar-refractivity contribution in [1.82, 2.24) is 9.78 Å². The first kappa shape index (κ1) is 25.6. The summed E-state index contributed by atoms with van der Waals surface area (Å²) >= 11 is 1.27. The zero-order valence-electron chi connectivity index (χ0n) is 19.3. The lowest BCUT2D eigenvalue weighted by Crippen LogP contribution is -2.14. The quantitative estimate of drug-likeness (QED) is 0.334. The smallest absolute Gasteiger partial charge is 0.435 e. The van der Waals surface area contributed by atoms with Crippen LogP contribution in [0.25, 0.3) is 16.3 Å². The number of aromatic nitrogens is 2. The van der Waals surface area contributed by atoms with Crippen molar-refractivity contribution < 1.29 is 37.0 Å². The van der Waals surface area contributed by atoms with Crippen LogP contribution in [0.3, 0.4) is 0 Å². The van der Waals surface area contributed by atoms with Crippen LogP contribution in [-0.2, 0) is 15.7 Å². The number of benzene rings is 2. The predicted molar refractivity (Wildman–Crippen MR) is 129 cm³/mol. The molecule has 0 fully saturated rings. The second kappa shape index (κ2) is 10.3. The standard InChI is InChI=1S/C25H18F3N3O5S/c1-35-23(33)15-10-16(24(34)36-2)12-17(11-15)29-22(32)14-5-7-18(8-6-14)31-19(20-4-3-9-37-20)13-21(30-31)25(26,27)28/h3-13H,1-2H3,(H,29,32). The molecule has 190 valence electrons. The van der Waals surface area contributed by atoms with Crippen molar-refractivity contribution in [3.63, 3.8) is 0 Å². The Morgan fingerprint density at radius 1 is 0.892 bits per heavy atom. The highest BCUT2D eigenvalue weighted by Crippen LogP contribution is 2.34. The summed E-state index contributed by atoms with van der Waals surface area (Å²) in [6.45, 7) is 0. The minimum Gasteiger partial charge on any atom is -0.465 e. The zero-order chi connectivity index (χ0) is 26.7. The molecule has 0 radical (unpaired) electrons. The van der Waals surface area contributed by atoms with Gasteiger partial charge in [-0.3, -0.25) is 4.79 Å². The van der Waals surface area contributed by atoms with Crippen molar-refractivity contribution >= 4 is 34.9 Å². The number of methoxy groups -OCH3 is 2. The molecule has 0 aliphatic heterocycles. The molecule has 0 unspecified atom stereocenters. The third-order valence-corrected chi connectivity index (χ3v) is 6.07. The molecule has 1 N–H and O–H groups in total. The summed E-state index contributed by atoms with van der Waals surface area (Å²) in [6.07, 6.45) is -4.63. The zero-order valence-corrected chi connectivity index (χ0v) is 20.1. The molecule has 0 saturated heterocycles. The molecule has 0 saturated carbocycles. The van der Waals surface area contributed by atoms with Crippen molar-refractivity contribution in [2.45, 2.75) is 6.18 Å². The number of rotatable bonds is 6. The number of nitrogens with zero attached hydrogens (tertiary/aromatic N) is 2. The van der Waals surface area contributed by atoms with Gasteiger partial charge in [-0.15, -0.1) is 11.3 Å². The summed E-state index contributed by atoms with van der Waals surface area (Å²) in [5.74, 6) is -2.02. The van der Waals surface area contributed by atoms with E-state index in [1.807, 2.05) is 0 Å². The van der Waals surface area contributed by atoms with Gasteiger partial charge >= 0.3 is 18.1 Å². The molecule has 12 heteroatoms. The third-order valence-electron chi connectivity index (χ3n) is 5.18. The second-order valence-corrected chi connectivity index (χ2v) is 8.53. The summed E-state index contributed by atoms with van der Waals surface area (Å²) < 4.78 is 50.5. The number of hydrogen-bond donors (Lipinski definition) is 1. The third kappa shape index (κ3) is 5.54. The number of carbonyl (C=O) groups is 3. The number of carbonyl (C=O) groups excluding carboxylic acids is 3. The van der Waals surface area contributed by atoms with Crippen LogP contribution in [0.2, 0.25) is 0 Å². The Labute approximate surface area is 212 Å². The van der Waals surface area contributed by atoms with Gasteiger partial charge in [-0.1, -0.05) is 6.07 Å².